The molecule has 2 fully saturated rings. The first-order chi connectivity index (χ1) is 10.4. The average Bonchev–Trinajstić information content (AvgIpc) is 3.38. The predicted molar refractivity (Wildman–Crippen MR) is 85.5 cm³/mol. The van der Waals surface area contributed by atoms with Gasteiger partial charge in [0.2, 0.25) is 0 Å². The topological polar surface area (TPSA) is 41.1 Å². The lowest BCUT2D eigenvalue weighted by Crippen LogP contribution is -2.44. The first-order valence-corrected chi connectivity index (χ1v) is 8.12. The van der Waals surface area contributed by atoms with Gasteiger partial charge in [-0.2, -0.15) is 0 Å². The summed E-state index contributed by atoms with van der Waals surface area (Å²) in [5.41, 5.74) is 1.98. The van der Waals surface area contributed by atoms with Crippen molar-refractivity contribution in [2.75, 3.05) is 18.0 Å². The molecule has 110 valence electrons. The van der Waals surface area contributed by atoms with Gasteiger partial charge in [0, 0.05) is 18.6 Å². The minimum atomic E-state index is 0.604. The number of piperidine rings is 1. The van der Waals surface area contributed by atoms with Crippen molar-refractivity contribution in [3.8, 4) is 0 Å². The maximum absolute atomic E-state index is 4.84. The molecule has 1 N–H and O–H groups in total. The molecule has 1 atom stereocenters. The van der Waals surface area contributed by atoms with Gasteiger partial charge >= 0.3 is 0 Å². The van der Waals surface area contributed by atoms with Crippen LogP contribution in [0.1, 0.15) is 32.1 Å². The number of nitrogens with one attached hydrogen (secondary N) is 1. The molecule has 4 heteroatoms. The lowest BCUT2D eigenvalue weighted by Gasteiger charge is -2.31. The van der Waals surface area contributed by atoms with Crippen LogP contribution in [0.2, 0.25) is 0 Å². The van der Waals surface area contributed by atoms with Crippen molar-refractivity contribution in [3.05, 3.63) is 30.5 Å². The van der Waals surface area contributed by atoms with Crippen LogP contribution < -0.4 is 10.2 Å². The Bertz CT molecular complexity index is 617. The van der Waals surface area contributed by atoms with Crippen LogP contribution in [0.25, 0.3) is 11.0 Å². The maximum Gasteiger partial charge on any atom is 0.148 e. The number of hydrogen-bond donors (Lipinski definition) is 1. The SMILES string of the molecule is c1ccc2nc(N(CC3CCCCN3)C3CC3)cnc2c1. The minimum absolute atomic E-state index is 0.604. The molecule has 1 unspecified atom stereocenters. The second-order valence-electron chi connectivity index (χ2n) is 6.25. The molecule has 2 aliphatic rings. The van der Waals surface area contributed by atoms with Crippen molar-refractivity contribution >= 4 is 16.9 Å². The molecule has 1 aliphatic carbocycles. The molecular weight excluding hydrogens is 260 g/mol. The Hall–Kier alpha value is -1.68. The zero-order chi connectivity index (χ0) is 14.1. The molecule has 4 nitrogen and oxygen atoms in total. The fraction of sp³-hybridized carbons (Fsp3) is 0.529. The Morgan fingerprint density at radius 3 is 2.71 bits per heavy atom. The number of rotatable bonds is 4. The Labute approximate surface area is 125 Å². The molecule has 1 saturated heterocycles. The van der Waals surface area contributed by atoms with E-state index >= 15 is 0 Å². The van der Waals surface area contributed by atoms with E-state index < -0.39 is 0 Å². The molecule has 2 heterocycles. The number of anilines is 1. The van der Waals surface area contributed by atoms with E-state index in [-0.39, 0.29) is 0 Å². The van der Waals surface area contributed by atoms with Crippen LogP contribution in [0.5, 0.6) is 0 Å². The summed E-state index contributed by atoms with van der Waals surface area (Å²) in [6.07, 6.45) is 8.48. The summed E-state index contributed by atoms with van der Waals surface area (Å²) >= 11 is 0. The highest BCUT2D eigenvalue weighted by Gasteiger charge is 2.32. The van der Waals surface area contributed by atoms with Gasteiger partial charge in [0.25, 0.3) is 0 Å². The third-order valence-electron chi connectivity index (χ3n) is 4.55. The molecule has 0 bridgehead atoms. The van der Waals surface area contributed by atoms with Crippen LogP contribution >= 0.6 is 0 Å². The minimum Gasteiger partial charge on any atom is -0.351 e. The van der Waals surface area contributed by atoms with Crippen LogP contribution in [0.3, 0.4) is 0 Å². The third kappa shape index (κ3) is 2.86. The van der Waals surface area contributed by atoms with Gasteiger partial charge in [0.15, 0.2) is 0 Å². The summed E-state index contributed by atoms with van der Waals surface area (Å²) in [5, 5.41) is 3.65. The quantitative estimate of drug-likeness (QED) is 0.936. The van der Waals surface area contributed by atoms with Crippen LogP contribution in [-0.4, -0.2) is 35.1 Å². The second-order valence-corrected chi connectivity index (χ2v) is 6.25. The van der Waals surface area contributed by atoms with E-state index in [1.807, 2.05) is 24.4 Å². The number of para-hydroxylation sites is 2. The zero-order valence-corrected chi connectivity index (χ0v) is 12.3. The van der Waals surface area contributed by atoms with Crippen molar-refractivity contribution in [2.24, 2.45) is 0 Å². The number of benzene rings is 1. The van der Waals surface area contributed by atoms with Gasteiger partial charge in [-0.15, -0.1) is 0 Å². The van der Waals surface area contributed by atoms with Crippen molar-refractivity contribution in [3.63, 3.8) is 0 Å². The molecule has 0 spiro atoms. The predicted octanol–water partition coefficient (Wildman–Crippen LogP) is 2.74. The normalized spacial score (nSPS) is 22.4. The van der Waals surface area contributed by atoms with Crippen LogP contribution in [0.4, 0.5) is 5.82 Å². The Kier molecular flexibility index (Phi) is 3.47. The summed E-state index contributed by atoms with van der Waals surface area (Å²) in [7, 11) is 0. The van der Waals surface area contributed by atoms with E-state index in [1.165, 1.54) is 32.1 Å². The Morgan fingerprint density at radius 2 is 1.95 bits per heavy atom. The highest BCUT2D eigenvalue weighted by Crippen LogP contribution is 2.31. The van der Waals surface area contributed by atoms with Crippen molar-refractivity contribution in [2.45, 2.75) is 44.2 Å². The van der Waals surface area contributed by atoms with Crippen molar-refractivity contribution < 1.29 is 0 Å². The number of aromatic nitrogens is 2. The van der Waals surface area contributed by atoms with Gasteiger partial charge in [0.1, 0.15) is 5.82 Å². The molecule has 21 heavy (non-hydrogen) atoms. The second kappa shape index (κ2) is 5.60. The highest BCUT2D eigenvalue weighted by molar-refractivity contribution is 5.75. The van der Waals surface area contributed by atoms with E-state index in [9.17, 15) is 0 Å². The zero-order valence-electron chi connectivity index (χ0n) is 12.3. The van der Waals surface area contributed by atoms with Gasteiger partial charge in [-0.1, -0.05) is 18.6 Å². The van der Waals surface area contributed by atoms with Crippen molar-refractivity contribution in [1.82, 2.24) is 15.3 Å². The molecule has 4 rings (SSSR count). The molecule has 2 aromatic rings. The summed E-state index contributed by atoms with van der Waals surface area (Å²) < 4.78 is 0. The van der Waals surface area contributed by atoms with E-state index in [0.29, 0.717) is 12.1 Å². The summed E-state index contributed by atoms with van der Waals surface area (Å²) in [6, 6.07) is 9.40. The van der Waals surface area contributed by atoms with E-state index in [0.717, 1.165) is 29.9 Å². The Balaban J connectivity index is 1.59. The van der Waals surface area contributed by atoms with Gasteiger partial charge in [-0.25, -0.2) is 4.98 Å². The molecular formula is C17H22N4. The Morgan fingerprint density at radius 1 is 1.10 bits per heavy atom. The lowest BCUT2D eigenvalue weighted by atomic mass is 10.0. The molecule has 0 amide bonds. The van der Waals surface area contributed by atoms with Crippen LogP contribution in [-0.2, 0) is 0 Å². The number of hydrogen-bond acceptors (Lipinski definition) is 4. The number of fused-ring (bicyclic) bond motifs is 1. The standard InChI is InChI=1S/C17H22N4/c1-2-7-16-15(6-1)19-11-17(20-16)21(14-8-9-14)12-13-5-3-4-10-18-13/h1-2,6-7,11,13-14,18H,3-5,8-10,12H2. The fourth-order valence-electron chi connectivity index (χ4n) is 3.22. The molecule has 1 aromatic carbocycles. The van der Waals surface area contributed by atoms with Crippen LogP contribution in [0, 0.1) is 0 Å². The summed E-state index contributed by atoms with van der Waals surface area (Å²) in [5.74, 6) is 1.04. The fourth-order valence-corrected chi connectivity index (χ4v) is 3.22. The summed E-state index contributed by atoms with van der Waals surface area (Å²) in [4.78, 5) is 11.9. The van der Waals surface area contributed by atoms with E-state index in [4.69, 9.17) is 4.98 Å². The summed E-state index contributed by atoms with van der Waals surface area (Å²) in [6.45, 7) is 2.23. The van der Waals surface area contributed by atoms with E-state index in [2.05, 4.69) is 21.3 Å². The third-order valence-corrected chi connectivity index (χ3v) is 4.55. The molecule has 1 aliphatic heterocycles. The highest BCUT2D eigenvalue weighted by atomic mass is 15.3. The smallest absolute Gasteiger partial charge is 0.148 e. The monoisotopic (exact) mass is 282 g/mol. The first-order valence-electron chi connectivity index (χ1n) is 8.12. The van der Waals surface area contributed by atoms with Gasteiger partial charge in [-0.05, 0) is 44.4 Å². The van der Waals surface area contributed by atoms with Crippen LogP contribution in [0.15, 0.2) is 30.5 Å². The maximum atomic E-state index is 4.84. The van der Waals surface area contributed by atoms with Gasteiger partial charge in [-0.3, -0.25) is 4.98 Å². The lowest BCUT2D eigenvalue weighted by molar-refractivity contribution is 0.397. The first kappa shape index (κ1) is 13.0. The number of nitrogens with zero attached hydrogens (tertiary/aromatic N) is 3. The molecule has 1 aromatic heterocycles. The molecule has 1 saturated carbocycles. The molecule has 0 radical (unpaired) electrons. The largest absolute Gasteiger partial charge is 0.351 e. The average molecular weight is 282 g/mol. The van der Waals surface area contributed by atoms with Gasteiger partial charge in [0.05, 0.1) is 17.2 Å². The van der Waals surface area contributed by atoms with E-state index in [1.54, 1.807) is 0 Å². The van der Waals surface area contributed by atoms with Crippen molar-refractivity contribution in [1.29, 1.82) is 0 Å². The van der Waals surface area contributed by atoms with Gasteiger partial charge < -0.3 is 10.2 Å².